The van der Waals surface area contributed by atoms with E-state index in [1.54, 1.807) is 0 Å². The summed E-state index contributed by atoms with van der Waals surface area (Å²) in [7, 11) is 0. The van der Waals surface area contributed by atoms with Gasteiger partial charge >= 0.3 is 0 Å². The molecule has 0 saturated heterocycles. The second-order valence-corrected chi connectivity index (χ2v) is 5.50. The molecule has 92 valence electrons. The van der Waals surface area contributed by atoms with E-state index in [4.69, 9.17) is 0 Å². The molecule has 4 nitrogen and oxygen atoms in total. The molecule has 0 spiro atoms. The lowest BCUT2D eigenvalue weighted by atomic mass is 10.1. The summed E-state index contributed by atoms with van der Waals surface area (Å²) >= 11 is 6.60. The molecule has 1 heterocycles. The van der Waals surface area contributed by atoms with Crippen molar-refractivity contribution < 1.29 is 10.2 Å². The van der Waals surface area contributed by atoms with Crippen LogP contribution in [0.3, 0.4) is 0 Å². The number of rotatable bonds is 4. The minimum absolute atomic E-state index is 0.484. The molecule has 2 unspecified atom stereocenters. The number of aromatic amines is 1. The molecule has 0 bridgehead atoms. The van der Waals surface area contributed by atoms with Crippen LogP contribution in [0.1, 0.15) is 18.2 Å². The van der Waals surface area contributed by atoms with Gasteiger partial charge in [-0.05, 0) is 24.6 Å². The fraction of sp³-hybridized carbons (Fsp3) is 0.364. The van der Waals surface area contributed by atoms with Crippen LogP contribution >= 0.6 is 31.9 Å². The number of halogens is 2. The fourth-order valence-corrected chi connectivity index (χ4v) is 2.51. The first-order valence-corrected chi connectivity index (χ1v) is 7.10. The van der Waals surface area contributed by atoms with Crippen LogP contribution in [0.25, 0.3) is 10.9 Å². The summed E-state index contributed by atoms with van der Waals surface area (Å²) in [6, 6.07) is 5.60. The van der Waals surface area contributed by atoms with Crippen LogP contribution in [0, 0.1) is 0 Å². The number of H-pyrrole nitrogens is 1. The van der Waals surface area contributed by atoms with Crippen LogP contribution in [0.2, 0.25) is 0 Å². The van der Waals surface area contributed by atoms with E-state index in [1.807, 2.05) is 18.2 Å². The van der Waals surface area contributed by atoms with E-state index < -0.39 is 12.2 Å². The highest BCUT2D eigenvalue weighted by atomic mass is 79.9. The average molecular weight is 364 g/mol. The van der Waals surface area contributed by atoms with Gasteiger partial charge in [-0.2, -0.15) is 5.10 Å². The Kier molecular flexibility index (Phi) is 4.19. The van der Waals surface area contributed by atoms with Crippen LogP contribution < -0.4 is 0 Å². The summed E-state index contributed by atoms with van der Waals surface area (Å²) in [4.78, 5) is 0. The first-order valence-electron chi connectivity index (χ1n) is 5.19. The minimum atomic E-state index is -0.946. The zero-order chi connectivity index (χ0) is 12.4. The van der Waals surface area contributed by atoms with Gasteiger partial charge in [-0.25, -0.2) is 0 Å². The lowest BCUT2D eigenvalue weighted by Gasteiger charge is -2.15. The van der Waals surface area contributed by atoms with Gasteiger partial charge in [0.2, 0.25) is 0 Å². The number of aliphatic hydroxyl groups excluding tert-OH is 2. The molecule has 1 aromatic carbocycles. The molecule has 0 fully saturated rings. The third-order valence-corrected chi connectivity index (χ3v) is 3.56. The Morgan fingerprint density at radius 1 is 1.35 bits per heavy atom. The number of alkyl halides is 1. The fourth-order valence-electron chi connectivity index (χ4n) is 1.69. The first-order chi connectivity index (χ1) is 8.13. The number of hydrogen-bond donors (Lipinski definition) is 3. The van der Waals surface area contributed by atoms with E-state index in [1.165, 1.54) is 0 Å². The van der Waals surface area contributed by atoms with Crippen LogP contribution in [0.5, 0.6) is 0 Å². The number of aromatic nitrogens is 2. The van der Waals surface area contributed by atoms with Gasteiger partial charge in [0.1, 0.15) is 6.10 Å². The standard InChI is InChI=1S/C11H12Br2N2O2/c12-4-3-9(16)11(17)10-7-2-1-6(13)5-8(7)14-15-10/h1-2,5,9,11,16-17H,3-4H2,(H,14,15). The molecule has 2 aromatic rings. The zero-order valence-corrected chi connectivity index (χ0v) is 12.1. The predicted molar refractivity (Wildman–Crippen MR) is 73.2 cm³/mol. The molecule has 0 amide bonds. The van der Waals surface area contributed by atoms with Crippen molar-refractivity contribution in [3.8, 4) is 0 Å². The van der Waals surface area contributed by atoms with E-state index in [0.29, 0.717) is 17.4 Å². The number of aliphatic hydroxyl groups is 2. The Morgan fingerprint density at radius 3 is 2.82 bits per heavy atom. The zero-order valence-electron chi connectivity index (χ0n) is 8.90. The molecule has 2 atom stereocenters. The summed E-state index contributed by atoms with van der Waals surface area (Å²) in [6.07, 6.45) is -1.27. The molecular weight excluding hydrogens is 352 g/mol. The van der Waals surface area contributed by atoms with E-state index in [-0.39, 0.29) is 0 Å². The largest absolute Gasteiger partial charge is 0.390 e. The number of nitrogens with one attached hydrogen (secondary N) is 1. The van der Waals surface area contributed by atoms with Crippen molar-refractivity contribution in [3.63, 3.8) is 0 Å². The molecule has 1 aromatic heterocycles. The Labute approximate surface area is 115 Å². The summed E-state index contributed by atoms with van der Waals surface area (Å²) in [5.41, 5.74) is 1.32. The summed E-state index contributed by atoms with van der Waals surface area (Å²) < 4.78 is 0.929. The van der Waals surface area contributed by atoms with Gasteiger partial charge in [-0.1, -0.05) is 31.9 Å². The third-order valence-electron chi connectivity index (χ3n) is 2.61. The quantitative estimate of drug-likeness (QED) is 0.731. The topological polar surface area (TPSA) is 69.1 Å². The maximum Gasteiger partial charge on any atom is 0.122 e. The predicted octanol–water partition coefficient (Wildman–Crippen LogP) is 2.50. The van der Waals surface area contributed by atoms with E-state index in [2.05, 4.69) is 42.1 Å². The van der Waals surface area contributed by atoms with Crippen molar-refractivity contribution in [2.45, 2.75) is 18.6 Å². The number of hydrogen-bond acceptors (Lipinski definition) is 3. The molecule has 3 N–H and O–H groups in total. The lowest BCUT2D eigenvalue weighted by Crippen LogP contribution is -2.19. The molecule has 17 heavy (non-hydrogen) atoms. The van der Waals surface area contributed by atoms with Gasteiger partial charge in [-0.15, -0.1) is 0 Å². The SMILES string of the molecule is OC(CCBr)C(O)c1[nH]nc2cc(Br)ccc12. The van der Waals surface area contributed by atoms with Crippen LogP contribution in [-0.2, 0) is 0 Å². The van der Waals surface area contributed by atoms with Crippen LogP contribution in [0.15, 0.2) is 22.7 Å². The van der Waals surface area contributed by atoms with Crippen molar-refractivity contribution in [1.29, 1.82) is 0 Å². The monoisotopic (exact) mass is 362 g/mol. The molecule has 0 aliphatic rings. The van der Waals surface area contributed by atoms with Crippen LogP contribution in [0.4, 0.5) is 0 Å². The second kappa shape index (κ2) is 5.48. The van der Waals surface area contributed by atoms with E-state index >= 15 is 0 Å². The van der Waals surface area contributed by atoms with Gasteiger partial charge in [0.15, 0.2) is 0 Å². The smallest absolute Gasteiger partial charge is 0.122 e. The Morgan fingerprint density at radius 2 is 2.12 bits per heavy atom. The van der Waals surface area contributed by atoms with Crippen molar-refractivity contribution in [2.24, 2.45) is 0 Å². The second-order valence-electron chi connectivity index (χ2n) is 3.79. The summed E-state index contributed by atoms with van der Waals surface area (Å²) in [6.45, 7) is 0. The maximum atomic E-state index is 10.0. The summed E-state index contributed by atoms with van der Waals surface area (Å²) in [5.74, 6) is 0. The molecule has 0 aliphatic carbocycles. The van der Waals surface area contributed by atoms with E-state index in [9.17, 15) is 10.2 Å². The molecule has 0 radical (unpaired) electrons. The highest BCUT2D eigenvalue weighted by molar-refractivity contribution is 9.10. The summed E-state index contributed by atoms with van der Waals surface area (Å²) in [5, 5.41) is 28.1. The van der Waals surface area contributed by atoms with Gasteiger partial charge in [-0.3, -0.25) is 5.10 Å². The lowest BCUT2D eigenvalue weighted by molar-refractivity contribution is 0.0156. The molecule has 6 heteroatoms. The number of nitrogens with zero attached hydrogens (tertiary/aromatic N) is 1. The van der Waals surface area contributed by atoms with E-state index in [0.717, 1.165) is 15.4 Å². The molecular formula is C11H12Br2N2O2. The Hall–Kier alpha value is -0.430. The molecule has 0 saturated carbocycles. The number of benzene rings is 1. The normalized spacial score (nSPS) is 15.1. The van der Waals surface area contributed by atoms with Gasteiger partial charge in [0.05, 0.1) is 17.3 Å². The highest BCUT2D eigenvalue weighted by Crippen LogP contribution is 2.27. The Bertz CT molecular complexity index is 515. The van der Waals surface area contributed by atoms with Crippen LogP contribution in [-0.4, -0.2) is 31.8 Å². The Balaban J connectivity index is 2.35. The van der Waals surface area contributed by atoms with Crippen molar-refractivity contribution in [2.75, 3.05) is 5.33 Å². The van der Waals surface area contributed by atoms with Crippen molar-refractivity contribution in [1.82, 2.24) is 10.2 Å². The highest BCUT2D eigenvalue weighted by Gasteiger charge is 2.21. The van der Waals surface area contributed by atoms with Gasteiger partial charge in [0.25, 0.3) is 0 Å². The maximum absolute atomic E-state index is 10.0. The van der Waals surface area contributed by atoms with Gasteiger partial charge in [0, 0.05) is 15.2 Å². The molecule has 0 aliphatic heterocycles. The van der Waals surface area contributed by atoms with Crippen molar-refractivity contribution >= 4 is 42.8 Å². The average Bonchev–Trinajstić information content (AvgIpc) is 2.71. The molecule has 2 rings (SSSR count). The third kappa shape index (κ3) is 2.70. The van der Waals surface area contributed by atoms with Gasteiger partial charge < -0.3 is 10.2 Å². The minimum Gasteiger partial charge on any atom is -0.390 e. The number of fused-ring (bicyclic) bond motifs is 1. The first kappa shape index (κ1) is 13.0. The van der Waals surface area contributed by atoms with Crippen molar-refractivity contribution in [3.05, 3.63) is 28.4 Å².